The minimum Gasteiger partial charge on any atom is -0.326 e. The lowest BCUT2D eigenvalue weighted by atomic mass is 10.2. The molecular weight excluding hydrogens is 376 g/mol. The molecule has 3 N–H and O–H groups in total. The highest BCUT2D eigenvalue weighted by Crippen LogP contribution is 2.30. The van der Waals surface area contributed by atoms with E-state index in [4.69, 9.17) is 17.3 Å². The van der Waals surface area contributed by atoms with Gasteiger partial charge in [-0.3, -0.25) is 4.72 Å². The van der Waals surface area contributed by atoms with Gasteiger partial charge in [0.2, 0.25) is 0 Å². The second-order valence-corrected chi connectivity index (χ2v) is 7.42. The number of hydrogen-bond donors (Lipinski definition) is 2. The third kappa shape index (κ3) is 3.58. The molecule has 0 amide bonds. The first-order chi connectivity index (χ1) is 9.85. The van der Waals surface area contributed by atoms with E-state index in [0.29, 0.717) is 21.7 Å². The Hall–Kier alpha value is -1.08. The topological polar surface area (TPSA) is 72.2 Å². The molecular formula is C14H14BrClN2O2S. The molecule has 0 fully saturated rings. The zero-order valence-corrected chi connectivity index (χ0v) is 14.4. The van der Waals surface area contributed by atoms with Crippen LogP contribution in [-0.4, -0.2) is 8.42 Å². The summed E-state index contributed by atoms with van der Waals surface area (Å²) in [5.41, 5.74) is 7.51. The zero-order valence-electron chi connectivity index (χ0n) is 11.2. The smallest absolute Gasteiger partial charge is 0.263 e. The molecule has 0 bridgehead atoms. The van der Waals surface area contributed by atoms with Crippen molar-refractivity contribution in [3.63, 3.8) is 0 Å². The molecule has 0 aliphatic heterocycles. The SMILES string of the molecule is Cc1cccc(Cl)c1NS(=O)(=O)c1ccc(CN)cc1Br. The largest absolute Gasteiger partial charge is 0.326 e. The number of para-hydroxylation sites is 1. The highest BCUT2D eigenvalue weighted by molar-refractivity contribution is 9.10. The van der Waals surface area contributed by atoms with Crippen LogP contribution in [0.15, 0.2) is 45.8 Å². The Kier molecular flexibility index (Phi) is 4.93. The summed E-state index contributed by atoms with van der Waals surface area (Å²) < 4.78 is 28.0. The van der Waals surface area contributed by atoms with E-state index < -0.39 is 10.0 Å². The number of sulfonamides is 1. The third-order valence-electron chi connectivity index (χ3n) is 2.98. The summed E-state index contributed by atoms with van der Waals surface area (Å²) in [5.74, 6) is 0. The van der Waals surface area contributed by atoms with E-state index in [1.165, 1.54) is 6.07 Å². The van der Waals surface area contributed by atoms with Gasteiger partial charge in [0.05, 0.1) is 10.7 Å². The summed E-state index contributed by atoms with van der Waals surface area (Å²) in [6, 6.07) is 10.1. The van der Waals surface area contributed by atoms with Crippen molar-refractivity contribution in [1.82, 2.24) is 0 Å². The normalized spacial score (nSPS) is 11.4. The first kappa shape index (κ1) is 16.3. The van der Waals surface area contributed by atoms with Crippen LogP contribution >= 0.6 is 27.5 Å². The average Bonchev–Trinajstić information content (AvgIpc) is 2.42. The van der Waals surface area contributed by atoms with Crippen molar-refractivity contribution in [2.75, 3.05) is 4.72 Å². The second kappa shape index (κ2) is 6.36. The van der Waals surface area contributed by atoms with Gasteiger partial charge in [-0.15, -0.1) is 0 Å². The average molecular weight is 390 g/mol. The van der Waals surface area contributed by atoms with Gasteiger partial charge in [0.1, 0.15) is 4.90 Å². The van der Waals surface area contributed by atoms with E-state index in [0.717, 1.165) is 11.1 Å². The van der Waals surface area contributed by atoms with Crippen molar-refractivity contribution in [1.29, 1.82) is 0 Å². The quantitative estimate of drug-likeness (QED) is 0.838. The zero-order chi connectivity index (χ0) is 15.6. The lowest BCUT2D eigenvalue weighted by Gasteiger charge is -2.13. The van der Waals surface area contributed by atoms with Gasteiger partial charge in [-0.05, 0) is 52.2 Å². The minimum atomic E-state index is -3.74. The van der Waals surface area contributed by atoms with Crippen LogP contribution in [0.5, 0.6) is 0 Å². The summed E-state index contributed by atoms with van der Waals surface area (Å²) in [4.78, 5) is 0.138. The maximum atomic E-state index is 12.5. The van der Waals surface area contributed by atoms with Gasteiger partial charge >= 0.3 is 0 Å². The first-order valence-electron chi connectivity index (χ1n) is 6.11. The Morgan fingerprint density at radius 2 is 2.00 bits per heavy atom. The molecule has 4 nitrogen and oxygen atoms in total. The Bertz CT molecular complexity index is 758. The fraction of sp³-hybridized carbons (Fsp3) is 0.143. The molecule has 0 saturated carbocycles. The van der Waals surface area contributed by atoms with Gasteiger partial charge < -0.3 is 5.73 Å². The van der Waals surface area contributed by atoms with Crippen molar-refractivity contribution in [2.45, 2.75) is 18.4 Å². The van der Waals surface area contributed by atoms with Crippen molar-refractivity contribution >= 4 is 43.2 Å². The highest BCUT2D eigenvalue weighted by atomic mass is 79.9. The van der Waals surface area contributed by atoms with Crippen LogP contribution in [0, 0.1) is 6.92 Å². The number of rotatable bonds is 4. The van der Waals surface area contributed by atoms with E-state index in [9.17, 15) is 8.42 Å². The maximum absolute atomic E-state index is 12.5. The molecule has 112 valence electrons. The standard InChI is InChI=1S/C14H14BrClN2O2S/c1-9-3-2-4-12(16)14(9)18-21(19,20)13-6-5-10(8-17)7-11(13)15/h2-7,18H,8,17H2,1H3. The molecule has 21 heavy (non-hydrogen) atoms. The van der Waals surface area contributed by atoms with Crippen molar-refractivity contribution < 1.29 is 8.42 Å². The molecule has 0 saturated heterocycles. The summed E-state index contributed by atoms with van der Waals surface area (Å²) >= 11 is 9.32. The number of benzene rings is 2. The molecule has 7 heteroatoms. The summed E-state index contributed by atoms with van der Waals surface area (Å²) in [6.07, 6.45) is 0. The van der Waals surface area contributed by atoms with Gasteiger partial charge in [0.15, 0.2) is 0 Å². The highest BCUT2D eigenvalue weighted by Gasteiger charge is 2.20. The van der Waals surface area contributed by atoms with E-state index in [2.05, 4.69) is 20.7 Å². The monoisotopic (exact) mass is 388 g/mol. The predicted molar refractivity (Wildman–Crippen MR) is 89.0 cm³/mol. The van der Waals surface area contributed by atoms with Crippen molar-refractivity contribution in [2.24, 2.45) is 5.73 Å². The van der Waals surface area contributed by atoms with E-state index >= 15 is 0 Å². The van der Waals surface area contributed by atoms with Crippen LogP contribution < -0.4 is 10.5 Å². The Morgan fingerprint density at radius 1 is 1.29 bits per heavy atom. The van der Waals surface area contributed by atoms with Crippen molar-refractivity contribution in [3.05, 3.63) is 57.0 Å². The molecule has 0 unspecified atom stereocenters. The van der Waals surface area contributed by atoms with Gasteiger partial charge in [0, 0.05) is 11.0 Å². The van der Waals surface area contributed by atoms with Crippen LogP contribution in [0.4, 0.5) is 5.69 Å². The molecule has 0 atom stereocenters. The van der Waals surface area contributed by atoms with Crippen LogP contribution in [0.25, 0.3) is 0 Å². The molecule has 0 aliphatic rings. The van der Waals surface area contributed by atoms with E-state index in [1.807, 2.05) is 0 Å². The molecule has 2 aromatic rings. The molecule has 0 spiro atoms. The van der Waals surface area contributed by atoms with Gasteiger partial charge in [-0.1, -0.05) is 29.8 Å². The minimum absolute atomic E-state index is 0.138. The van der Waals surface area contributed by atoms with Gasteiger partial charge in [-0.2, -0.15) is 0 Å². The van der Waals surface area contributed by atoms with Crippen molar-refractivity contribution in [3.8, 4) is 0 Å². The predicted octanol–water partition coefficient (Wildman–Crippen LogP) is 3.67. The van der Waals surface area contributed by atoms with Crippen LogP contribution in [-0.2, 0) is 16.6 Å². The molecule has 0 aliphatic carbocycles. The Morgan fingerprint density at radius 3 is 2.57 bits per heavy atom. The fourth-order valence-corrected chi connectivity index (χ4v) is 4.44. The van der Waals surface area contributed by atoms with Crippen LogP contribution in [0.1, 0.15) is 11.1 Å². The summed E-state index contributed by atoms with van der Waals surface area (Å²) in [6.45, 7) is 2.13. The second-order valence-electron chi connectivity index (χ2n) is 4.51. The van der Waals surface area contributed by atoms with Gasteiger partial charge in [0.25, 0.3) is 10.0 Å². The number of aryl methyl sites for hydroxylation is 1. The first-order valence-corrected chi connectivity index (χ1v) is 8.77. The summed E-state index contributed by atoms with van der Waals surface area (Å²) in [7, 11) is -3.74. The Balaban J connectivity index is 2.44. The van der Waals surface area contributed by atoms with Crippen LogP contribution in [0.2, 0.25) is 5.02 Å². The lowest BCUT2D eigenvalue weighted by molar-refractivity contribution is 0.600. The number of anilines is 1. The van der Waals surface area contributed by atoms with E-state index in [-0.39, 0.29) is 4.90 Å². The number of nitrogens with two attached hydrogens (primary N) is 1. The summed E-state index contributed by atoms with van der Waals surface area (Å²) in [5, 5.41) is 0.355. The van der Waals surface area contributed by atoms with Gasteiger partial charge in [-0.25, -0.2) is 8.42 Å². The Labute approximate surface area is 137 Å². The lowest BCUT2D eigenvalue weighted by Crippen LogP contribution is -2.15. The van der Waals surface area contributed by atoms with E-state index in [1.54, 1.807) is 37.3 Å². The molecule has 0 radical (unpaired) electrons. The number of halogens is 2. The molecule has 2 aromatic carbocycles. The molecule has 0 heterocycles. The molecule has 0 aromatic heterocycles. The van der Waals surface area contributed by atoms with Crippen LogP contribution in [0.3, 0.4) is 0 Å². The fourth-order valence-electron chi connectivity index (χ4n) is 1.84. The maximum Gasteiger partial charge on any atom is 0.263 e. The number of nitrogens with one attached hydrogen (secondary N) is 1. The molecule has 2 rings (SSSR count). The number of hydrogen-bond acceptors (Lipinski definition) is 3. The third-order valence-corrected chi connectivity index (χ3v) is 5.62.